The fourth-order valence-electron chi connectivity index (χ4n) is 2.93. The minimum Gasteiger partial charge on any atom is -0.329 e. The number of nitrogens with zero attached hydrogens (tertiary/aromatic N) is 1. The molecule has 1 aromatic rings. The number of hydrogen-bond acceptors (Lipinski definition) is 3. The minimum atomic E-state index is 0.365. The number of hydrogen-bond donors (Lipinski definition) is 1. The van der Waals surface area contributed by atoms with Crippen molar-refractivity contribution in [3.63, 3.8) is 0 Å². The van der Waals surface area contributed by atoms with Crippen molar-refractivity contribution in [1.82, 2.24) is 4.90 Å². The molecule has 2 N–H and O–H groups in total. The first kappa shape index (κ1) is 13.9. The summed E-state index contributed by atoms with van der Waals surface area (Å²) in [7, 11) is 2.23. The summed E-state index contributed by atoms with van der Waals surface area (Å²) in [4.78, 5) is 3.80. The molecule has 100 valence electrons. The van der Waals surface area contributed by atoms with Gasteiger partial charge in [-0.2, -0.15) is 0 Å². The lowest BCUT2D eigenvalue weighted by Crippen LogP contribution is -2.37. The molecule has 1 aliphatic carbocycles. The molecule has 0 heterocycles. The fraction of sp³-hybridized carbons (Fsp3) is 0.600. The number of nitrogens with two attached hydrogens (primary N) is 1. The summed E-state index contributed by atoms with van der Waals surface area (Å²) in [5.41, 5.74) is 7.35. The largest absolute Gasteiger partial charge is 0.329 e. The molecule has 1 saturated carbocycles. The molecule has 0 aromatic heterocycles. The van der Waals surface area contributed by atoms with Crippen molar-refractivity contribution in [3.05, 3.63) is 29.8 Å². The van der Waals surface area contributed by atoms with Gasteiger partial charge in [0, 0.05) is 23.5 Å². The quantitative estimate of drug-likeness (QED) is 0.828. The van der Waals surface area contributed by atoms with Gasteiger partial charge in [-0.15, -0.1) is 11.8 Å². The third-order valence-corrected chi connectivity index (χ3v) is 4.86. The molecule has 0 saturated heterocycles. The first-order valence-electron chi connectivity index (χ1n) is 6.82. The van der Waals surface area contributed by atoms with Gasteiger partial charge in [0.25, 0.3) is 0 Å². The van der Waals surface area contributed by atoms with Crippen LogP contribution in [0.2, 0.25) is 0 Å². The smallest absolute Gasteiger partial charge is 0.0470 e. The minimum absolute atomic E-state index is 0.365. The lowest BCUT2D eigenvalue weighted by Gasteiger charge is -2.32. The molecular formula is C15H24N2S. The summed E-state index contributed by atoms with van der Waals surface area (Å²) in [5, 5.41) is 0. The van der Waals surface area contributed by atoms with Gasteiger partial charge in [0.1, 0.15) is 0 Å². The number of benzene rings is 1. The van der Waals surface area contributed by atoms with Crippen LogP contribution in [-0.4, -0.2) is 30.8 Å². The highest BCUT2D eigenvalue weighted by Gasteiger charge is 2.25. The zero-order chi connectivity index (χ0) is 13.0. The fourth-order valence-corrected chi connectivity index (χ4v) is 3.34. The van der Waals surface area contributed by atoms with Crippen LogP contribution in [0, 0.1) is 0 Å². The Bertz CT molecular complexity index is 357. The maximum Gasteiger partial charge on any atom is 0.0470 e. The van der Waals surface area contributed by atoms with E-state index in [2.05, 4.69) is 42.5 Å². The first-order chi connectivity index (χ1) is 8.76. The molecule has 0 aliphatic heterocycles. The van der Waals surface area contributed by atoms with Crippen molar-refractivity contribution in [1.29, 1.82) is 0 Å². The second-order valence-electron chi connectivity index (χ2n) is 5.13. The van der Waals surface area contributed by atoms with Gasteiger partial charge in [0.15, 0.2) is 0 Å². The molecule has 0 bridgehead atoms. The van der Waals surface area contributed by atoms with E-state index in [0.29, 0.717) is 12.6 Å². The number of rotatable bonds is 5. The Hall–Kier alpha value is -0.510. The van der Waals surface area contributed by atoms with E-state index in [0.717, 1.165) is 6.04 Å². The SMILES string of the molecule is CSc1ccc(C(CN)N(C)C2CCCC2)cc1. The van der Waals surface area contributed by atoms with Gasteiger partial charge in [-0.1, -0.05) is 25.0 Å². The van der Waals surface area contributed by atoms with Gasteiger partial charge in [-0.3, -0.25) is 4.90 Å². The second-order valence-corrected chi connectivity index (χ2v) is 6.01. The van der Waals surface area contributed by atoms with E-state index in [4.69, 9.17) is 5.73 Å². The van der Waals surface area contributed by atoms with Crippen molar-refractivity contribution in [2.24, 2.45) is 5.73 Å². The van der Waals surface area contributed by atoms with Gasteiger partial charge in [0.05, 0.1) is 0 Å². The Morgan fingerprint density at radius 1 is 1.28 bits per heavy atom. The molecule has 0 radical (unpaired) electrons. The van der Waals surface area contributed by atoms with Gasteiger partial charge in [0.2, 0.25) is 0 Å². The van der Waals surface area contributed by atoms with E-state index in [9.17, 15) is 0 Å². The standard InChI is InChI=1S/C15H24N2S/c1-17(13-5-3-4-6-13)15(11-16)12-7-9-14(18-2)10-8-12/h7-10,13,15H,3-6,11,16H2,1-2H3. The summed E-state index contributed by atoms with van der Waals surface area (Å²) in [6.07, 6.45) is 7.52. The van der Waals surface area contributed by atoms with Crippen molar-refractivity contribution in [3.8, 4) is 0 Å². The topological polar surface area (TPSA) is 29.3 Å². The highest BCUT2D eigenvalue weighted by Crippen LogP contribution is 2.29. The molecule has 1 unspecified atom stereocenters. The molecule has 18 heavy (non-hydrogen) atoms. The Balaban J connectivity index is 2.10. The molecule has 1 aromatic carbocycles. The Morgan fingerprint density at radius 3 is 2.39 bits per heavy atom. The third-order valence-electron chi connectivity index (χ3n) is 4.12. The van der Waals surface area contributed by atoms with Crippen molar-refractivity contribution >= 4 is 11.8 Å². The normalized spacial score (nSPS) is 18.4. The highest BCUT2D eigenvalue weighted by atomic mass is 32.2. The third kappa shape index (κ3) is 3.08. The van der Waals surface area contributed by atoms with Crippen LogP contribution in [0.15, 0.2) is 29.2 Å². The van der Waals surface area contributed by atoms with Crippen LogP contribution in [0.1, 0.15) is 37.3 Å². The van der Waals surface area contributed by atoms with E-state index in [1.807, 2.05) is 0 Å². The van der Waals surface area contributed by atoms with Gasteiger partial charge in [-0.05, 0) is 43.8 Å². The molecular weight excluding hydrogens is 240 g/mol. The summed E-state index contributed by atoms with van der Waals surface area (Å²) in [6, 6.07) is 9.95. The zero-order valence-electron chi connectivity index (χ0n) is 11.4. The maximum absolute atomic E-state index is 6.00. The average molecular weight is 264 g/mol. The first-order valence-corrected chi connectivity index (χ1v) is 8.04. The predicted octanol–water partition coefficient (Wildman–Crippen LogP) is 3.28. The Morgan fingerprint density at radius 2 is 1.89 bits per heavy atom. The van der Waals surface area contributed by atoms with Crippen LogP contribution in [0.5, 0.6) is 0 Å². The lowest BCUT2D eigenvalue weighted by molar-refractivity contribution is 0.179. The zero-order valence-corrected chi connectivity index (χ0v) is 12.2. The van der Waals surface area contributed by atoms with Gasteiger partial charge >= 0.3 is 0 Å². The number of likely N-dealkylation sites (N-methyl/N-ethyl adjacent to an activating group) is 1. The molecule has 1 fully saturated rings. The van der Waals surface area contributed by atoms with Crippen LogP contribution in [0.3, 0.4) is 0 Å². The second kappa shape index (κ2) is 6.60. The van der Waals surface area contributed by atoms with Crippen molar-refractivity contribution in [2.45, 2.75) is 42.7 Å². The van der Waals surface area contributed by atoms with E-state index in [-0.39, 0.29) is 0 Å². The van der Waals surface area contributed by atoms with Crippen molar-refractivity contribution < 1.29 is 0 Å². The van der Waals surface area contributed by atoms with Crippen LogP contribution >= 0.6 is 11.8 Å². The van der Waals surface area contributed by atoms with Gasteiger partial charge in [-0.25, -0.2) is 0 Å². The molecule has 1 atom stereocenters. The van der Waals surface area contributed by atoms with Crippen LogP contribution in [0.4, 0.5) is 0 Å². The summed E-state index contributed by atoms with van der Waals surface area (Å²) >= 11 is 1.79. The maximum atomic E-state index is 6.00. The van der Waals surface area contributed by atoms with E-state index >= 15 is 0 Å². The van der Waals surface area contributed by atoms with E-state index in [1.165, 1.54) is 36.1 Å². The number of thioether (sulfide) groups is 1. The van der Waals surface area contributed by atoms with Crippen LogP contribution in [0.25, 0.3) is 0 Å². The summed E-state index contributed by atoms with van der Waals surface area (Å²) in [6.45, 7) is 0.700. The summed E-state index contributed by atoms with van der Waals surface area (Å²) in [5.74, 6) is 0. The highest BCUT2D eigenvalue weighted by molar-refractivity contribution is 7.98. The molecule has 2 rings (SSSR count). The monoisotopic (exact) mass is 264 g/mol. The van der Waals surface area contributed by atoms with Gasteiger partial charge < -0.3 is 5.73 Å². The summed E-state index contributed by atoms with van der Waals surface area (Å²) < 4.78 is 0. The Labute approximate surface area is 115 Å². The molecule has 3 heteroatoms. The predicted molar refractivity (Wildman–Crippen MR) is 80.0 cm³/mol. The average Bonchev–Trinajstić information content (AvgIpc) is 2.94. The lowest BCUT2D eigenvalue weighted by atomic mass is 10.0. The Kier molecular flexibility index (Phi) is 5.10. The molecule has 0 amide bonds. The van der Waals surface area contributed by atoms with E-state index in [1.54, 1.807) is 11.8 Å². The van der Waals surface area contributed by atoms with Crippen molar-refractivity contribution in [2.75, 3.05) is 19.8 Å². The molecule has 2 nitrogen and oxygen atoms in total. The van der Waals surface area contributed by atoms with Crippen LogP contribution in [-0.2, 0) is 0 Å². The molecule has 1 aliphatic rings. The molecule has 0 spiro atoms. The van der Waals surface area contributed by atoms with Crippen LogP contribution < -0.4 is 5.73 Å². The van der Waals surface area contributed by atoms with E-state index < -0.39 is 0 Å².